The summed E-state index contributed by atoms with van der Waals surface area (Å²) in [6, 6.07) is 16.0. The lowest BCUT2D eigenvalue weighted by molar-refractivity contribution is -0.126. The van der Waals surface area contributed by atoms with E-state index in [0.717, 1.165) is 23.3 Å². The summed E-state index contributed by atoms with van der Waals surface area (Å²) >= 11 is 17.9. The maximum Gasteiger partial charge on any atom is 0.247 e. The van der Waals surface area contributed by atoms with Gasteiger partial charge in [-0.1, -0.05) is 103 Å². The third kappa shape index (κ3) is 9.62. The van der Waals surface area contributed by atoms with Crippen LogP contribution in [0.5, 0.6) is 0 Å². The lowest BCUT2D eigenvalue weighted by Gasteiger charge is -2.20. The van der Waals surface area contributed by atoms with Gasteiger partial charge in [-0.05, 0) is 53.1 Å². The third-order valence-corrected chi connectivity index (χ3v) is 5.58. The van der Waals surface area contributed by atoms with Crippen molar-refractivity contribution in [2.75, 3.05) is 6.54 Å². The Morgan fingerprint density at radius 2 is 1.53 bits per heavy atom. The number of hydrogen-bond acceptors (Lipinski definition) is 1. The van der Waals surface area contributed by atoms with Gasteiger partial charge >= 0.3 is 0 Å². The van der Waals surface area contributed by atoms with Crippen LogP contribution < -0.4 is 0 Å². The van der Waals surface area contributed by atoms with Crippen LogP contribution in [0.1, 0.15) is 30.5 Å². The van der Waals surface area contributed by atoms with Crippen molar-refractivity contribution in [2.45, 2.75) is 20.4 Å². The van der Waals surface area contributed by atoms with Crippen LogP contribution in [0.3, 0.4) is 0 Å². The molecule has 0 N–H and O–H groups in total. The van der Waals surface area contributed by atoms with Crippen LogP contribution in [0.2, 0.25) is 15.1 Å². The Bertz CT molecular complexity index is 1240. The van der Waals surface area contributed by atoms with Gasteiger partial charge < -0.3 is 4.90 Å². The van der Waals surface area contributed by atoms with E-state index in [1.54, 1.807) is 48.6 Å². The molecular formula is C29H26Cl3F2NO. The van der Waals surface area contributed by atoms with Crippen molar-refractivity contribution in [3.8, 4) is 0 Å². The Labute approximate surface area is 226 Å². The average molecular weight is 549 g/mol. The molecule has 1 amide bonds. The largest absolute Gasteiger partial charge is 0.331 e. The predicted octanol–water partition coefficient (Wildman–Crippen LogP) is 9.26. The molecule has 0 heterocycles. The quantitative estimate of drug-likeness (QED) is 0.203. The van der Waals surface area contributed by atoms with Crippen molar-refractivity contribution in [3.63, 3.8) is 0 Å². The first-order valence-corrected chi connectivity index (χ1v) is 12.4. The fraction of sp³-hybridized carbons (Fsp3) is 0.138. The van der Waals surface area contributed by atoms with Crippen molar-refractivity contribution < 1.29 is 13.6 Å². The van der Waals surface area contributed by atoms with Crippen molar-refractivity contribution in [2.24, 2.45) is 0 Å². The molecule has 0 aliphatic rings. The van der Waals surface area contributed by atoms with E-state index in [1.807, 2.05) is 38.1 Å². The van der Waals surface area contributed by atoms with Crippen LogP contribution >= 0.6 is 34.8 Å². The molecule has 0 atom stereocenters. The Morgan fingerprint density at radius 3 is 2.19 bits per heavy atom. The monoisotopic (exact) mass is 547 g/mol. The van der Waals surface area contributed by atoms with E-state index in [2.05, 4.69) is 0 Å². The second-order valence-corrected chi connectivity index (χ2v) is 8.59. The summed E-state index contributed by atoms with van der Waals surface area (Å²) < 4.78 is 27.0. The van der Waals surface area contributed by atoms with E-state index in [1.165, 1.54) is 17.0 Å². The summed E-state index contributed by atoms with van der Waals surface area (Å²) in [4.78, 5) is 14.4. The molecule has 0 aliphatic heterocycles. The van der Waals surface area contributed by atoms with Gasteiger partial charge in [0.25, 0.3) is 0 Å². The van der Waals surface area contributed by atoms with Crippen LogP contribution in [-0.4, -0.2) is 17.4 Å². The summed E-state index contributed by atoms with van der Waals surface area (Å²) in [5, 5.41) is 1.66. The molecule has 0 saturated carbocycles. The van der Waals surface area contributed by atoms with Gasteiger partial charge in [-0.25, -0.2) is 8.78 Å². The minimum atomic E-state index is -0.958. The second kappa shape index (κ2) is 15.2. The number of amides is 1. The van der Waals surface area contributed by atoms with E-state index < -0.39 is 11.6 Å². The molecule has 0 fully saturated rings. The van der Waals surface area contributed by atoms with Gasteiger partial charge in [0.1, 0.15) is 0 Å². The topological polar surface area (TPSA) is 20.3 Å². The van der Waals surface area contributed by atoms with Crippen LogP contribution in [0.15, 0.2) is 85.0 Å². The van der Waals surface area contributed by atoms with Gasteiger partial charge in [-0.2, -0.15) is 0 Å². The number of allylic oxidation sites excluding steroid dienone is 2. The molecule has 0 aliphatic carbocycles. The van der Waals surface area contributed by atoms with Gasteiger partial charge in [-0.3, -0.25) is 4.79 Å². The minimum absolute atomic E-state index is 0.109. The highest BCUT2D eigenvalue weighted by atomic mass is 35.5. The van der Waals surface area contributed by atoms with Gasteiger partial charge in [0.2, 0.25) is 5.91 Å². The fourth-order valence-electron chi connectivity index (χ4n) is 3.02. The van der Waals surface area contributed by atoms with Gasteiger partial charge in [0.05, 0.1) is 0 Å². The molecule has 188 valence electrons. The van der Waals surface area contributed by atoms with Crippen LogP contribution in [0.25, 0.3) is 12.2 Å². The molecule has 2 nitrogen and oxygen atoms in total. The number of halogens is 5. The number of carbonyl (C=O) groups is 1. The fourth-order valence-corrected chi connectivity index (χ4v) is 3.62. The lowest BCUT2D eigenvalue weighted by atomic mass is 10.2. The standard InChI is InChI=1S/C27H20Cl3F2NO.C2H6/c28-22-11-7-19(8-12-22)4-3-15-33(18-20-9-14-25(31)26(32)16-20)27(34)6-2-1-5-21-10-13-23(29)17-24(21)30;1-2/h1-14,16-17H,15,18H2;1-2H3/b4-3-,5-1+,6-2+;. The minimum Gasteiger partial charge on any atom is -0.331 e. The van der Waals surface area contributed by atoms with Gasteiger partial charge in [0.15, 0.2) is 11.6 Å². The first-order valence-electron chi connectivity index (χ1n) is 11.3. The third-order valence-electron chi connectivity index (χ3n) is 4.76. The van der Waals surface area contributed by atoms with E-state index in [0.29, 0.717) is 20.6 Å². The maximum atomic E-state index is 13.7. The highest BCUT2D eigenvalue weighted by Gasteiger charge is 2.11. The molecule has 7 heteroatoms. The number of nitrogens with zero attached hydrogens (tertiary/aromatic N) is 1. The van der Waals surface area contributed by atoms with Crippen LogP contribution in [0.4, 0.5) is 8.78 Å². The molecule has 3 aromatic rings. The van der Waals surface area contributed by atoms with Crippen molar-refractivity contribution in [3.05, 3.63) is 128 Å². The summed E-state index contributed by atoms with van der Waals surface area (Å²) in [5.74, 6) is -2.19. The summed E-state index contributed by atoms with van der Waals surface area (Å²) in [6.45, 7) is 4.37. The molecule has 0 saturated heterocycles. The SMILES string of the molecule is CC.O=C(/C=C/C=C/c1ccc(Cl)cc1Cl)N(C/C=C\c1ccc(Cl)cc1)Cc1ccc(F)c(F)c1. The predicted molar refractivity (Wildman–Crippen MR) is 148 cm³/mol. The number of carbonyl (C=O) groups excluding carboxylic acids is 1. The summed E-state index contributed by atoms with van der Waals surface area (Å²) in [7, 11) is 0. The van der Waals surface area contributed by atoms with Crippen molar-refractivity contribution in [1.82, 2.24) is 4.90 Å². The van der Waals surface area contributed by atoms with Gasteiger partial charge in [-0.15, -0.1) is 0 Å². The molecule has 36 heavy (non-hydrogen) atoms. The summed E-state index contributed by atoms with van der Waals surface area (Å²) in [6.07, 6.45) is 10.1. The Hall–Kier alpha value is -2.92. The second-order valence-electron chi connectivity index (χ2n) is 7.31. The molecule has 0 aromatic heterocycles. The maximum absolute atomic E-state index is 13.7. The van der Waals surface area contributed by atoms with Crippen LogP contribution in [-0.2, 0) is 11.3 Å². The van der Waals surface area contributed by atoms with E-state index >= 15 is 0 Å². The molecule has 0 spiro atoms. The first-order chi connectivity index (χ1) is 17.3. The highest BCUT2D eigenvalue weighted by molar-refractivity contribution is 6.35. The van der Waals surface area contributed by atoms with E-state index in [-0.39, 0.29) is 19.0 Å². The van der Waals surface area contributed by atoms with Gasteiger partial charge in [0, 0.05) is 34.2 Å². The molecule has 3 aromatic carbocycles. The highest BCUT2D eigenvalue weighted by Crippen LogP contribution is 2.22. The van der Waals surface area contributed by atoms with E-state index in [4.69, 9.17) is 34.8 Å². The Morgan fingerprint density at radius 1 is 0.833 bits per heavy atom. The van der Waals surface area contributed by atoms with E-state index in [9.17, 15) is 13.6 Å². The molecule has 0 bridgehead atoms. The lowest BCUT2D eigenvalue weighted by Crippen LogP contribution is -2.29. The Kier molecular flexibility index (Phi) is 12.4. The molecule has 0 unspecified atom stereocenters. The first kappa shape index (κ1) is 29.3. The average Bonchev–Trinajstić information content (AvgIpc) is 2.86. The number of rotatable bonds is 8. The zero-order valence-corrected chi connectivity index (χ0v) is 22.2. The smallest absolute Gasteiger partial charge is 0.247 e. The molecule has 0 radical (unpaired) electrons. The van der Waals surface area contributed by atoms with Crippen LogP contribution in [0, 0.1) is 11.6 Å². The number of hydrogen-bond donors (Lipinski definition) is 0. The molecular weight excluding hydrogens is 523 g/mol. The Balaban J connectivity index is 0.00000222. The molecule has 3 rings (SSSR count). The normalized spacial score (nSPS) is 11.2. The zero-order chi connectivity index (χ0) is 26.5. The summed E-state index contributed by atoms with van der Waals surface area (Å²) in [5.41, 5.74) is 2.15. The van der Waals surface area contributed by atoms with Crippen molar-refractivity contribution in [1.29, 1.82) is 0 Å². The number of benzene rings is 3. The van der Waals surface area contributed by atoms with Crippen molar-refractivity contribution >= 4 is 52.9 Å². The zero-order valence-electron chi connectivity index (χ0n) is 19.9.